The van der Waals surface area contributed by atoms with Gasteiger partial charge in [0.25, 0.3) is 0 Å². The molecule has 3 rings (SSSR count). The van der Waals surface area contributed by atoms with Crippen LogP contribution in [0.2, 0.25) is 0 Å². The smallest absolute Gasteiger partial charge is 0.317 e. The fourth-order valence-corrected chi connectivity index (χ4v) is 3.78. The molecule has 5 heteroatoms. The average Bonchev–Trinajstić information content (AvgIpc) is 2.55. The second-order valence-electron chi connectivity index (χ2n) is 7.60. The minimum Gasteiger partial charge on any atom is -0.508 e. The molecule has 2 N–H and O–H groups in total. The molecule has 5 nitrogen and oxygen atoms in total. The summed E-state index contributed by atoms with van der Waals surface area (Å²) in [5, 5.41) is 12.6. The van der Waals surface area contributed by atoms with Gasteiger partial charge in [0.15, 0.2) is 0 Å². The zero-order valence-electron chi connectivity index (χ0n) is 14.6. The van der Waals surface area contributed by atoms with Gasteiger partial charge < -0.3 is 20.1 Å². The number of phenolic OH excluding ortho intramolecular Hbond substituents is 1. The predicted octanol–water partition coefficient (Wildman–Crippen LogP) is 3.24. The molecule has 1 unspecified atom stereocenters. The van der Waals surface area contributed by atoms with E-state index in [1.165, 1.54) is 5.56 Å². The molecule has 0 aromatic heterocycles. The van der Waals surface area contributed by atoms with Crippen LogP contribution in [-0.4, -0.2) is 47.4 Å². The van der Waals surface area contributed by atoms with E-state index in [4.69, 9.17) is 4.74 Å². The summed E-state index contributed by atoms with van der Waals surface area (Å²) in [6.45, 7) is 6.43. The Balaban J connectivity index is 1.49. The molecule has 1 aromatic carbocycles. The van der Waals surface area contributed by atoms with Gasteiger partial charge in [-0.25, -0.2) is 4.79 Å². The Morgan fingerprint density at radius 3 is 2.50 bits per heavy atom. The van der Waals surface area contributed by atoms with Crippen molar-refractivity contribution in [3.63, 3.8) is 0 Å². The molecule has 0 aliphatic carbocycles. The summed E-state index contributed by atoms with van der Waals surface area (Å²) < 4.78 is 5.71. The van der Waals surface area contributed by atoms with Crippen LogP contribution >= 0.6 is 0 Å². The van der Waals surface area contributed by atoms with Crippen molar-refractivity contribution in [2.24, 2.45) is 0 Å². The van der Waals surface area contributed by atoms with E-state index >= 15 is 0 Å². The number of nitrogens with one attached hydrogen (secondary N) is 1. The average molecular weight is 332 g/mol. The van der Waals surface area contributed by atoms with E-state index in [9.17, 15) is 9.90 Å². The van der Waals surface area contributed by atoms with E-state index < -0.39 is 0 Å². The molecule has 2 heterocycles. The molecule has 0 bridgehead atoms. The summed E-state index contributed by atoms with van der Waals surface area (Å²) in [6, 6.07) is 7.71. The van der Waals surface area contributed by atoms with Gasteiger partial charge in [0.1, 0.15) is 5.75 Å². The van der Waals surface area contributed by atoms with E-state index in [0.717, 1.165) is 38.8 Å². The highest BCUT2D eigenvalue weighted by atomic mass is 16.5. The minimum atomic E-state index is -0.151. The molecule has 1 atom stereocenters. The summed E-state index contributed by atoms with van der Waals surface area (Å²) in [5.41, 5.74) is 1.10. The van der Waals surface area contributed by atoms with Gasteiger partial charge in [-0.05, 0) is 63.1 Å². The van der Waals surface area contributed by atoms with Crippen LogP contribution in [0.15, 0.2) is 24.3 Å². The van der Waals surface area contributed by atoms with Crippen molar-refractivity contribution in [1.82, 2.24) is 10.2 Å². The Hall–Kier alpha value is -1.75. The number of rotatable bonds is 2. The van der Waals surface area contributed by atoms with Crippen LogP contribution in [0.1, 0.15) is 51.0 Å². The highest BCUT2D eigenvalue weighted by Crippen LogP contribution is 2.29. The molecule has 1 aromatic rings. The third kappa shape index (κ3) is 4.20. The second kappa shape index (κ2) is 7.01. The Bertz CT molecular complexity index is 562. The number of nitrogens with zero attached hydrogens (tertiary/aromatic N) is 1. The Morgan fingerprint density at radius 2 is 1.88 bits per heavy atom. The first kappa shape index (κ1) is 17.1. The zero-order chi connectivity index (χ0) is 17.2. The topological polar surface area (TPSA) is 61.8 Å². The highest BCUT2D eigenvalue weighted by Gasteiger charge is 2.31. The minimum absolute atomic E-state index is 0.0573. The second-order valence-corrected chi connectivity index (χ2v) is 7.60. The number of piperidine rings is 1. The normalized spacial score (nSPS) is 24.6. The third-order valence-corrected chi connectivity index (χ3v) is 5.17. The van der Waals surface area contributed by atoms with Crippen molar-refractivity contribution in [2.75, 3.05) is 19.7 Å². The van der Waals surface area contributed by atoms with Gasteiger partial charge in [0, 0.05) is 25.7 Å². The summed E-state index contributed by atoms with van der Waals surface area (Å²) in [6.07, 6.45) is 3.69. The molecular formula is C19H28N2O3. The lowest BCUT2D eigenvalue weighted by Gasteiger charge is -2.38. The standard InChI is InChI=1S/C19H28N2O3/c1-19(2)13-16(9-12-24-19)20-18(23)21-10-7-15(8-11-21)14-3-5-17(22)6-4-14/h3-6,15-16,22H,7-13H2,1-2H3,(H,20,23). The van der Waals surface area contributed by atoms with Crippen molar-refractivity contribution < 1.29 is 14.6 Å². The largest absolute Gasteiger partial charge is 0.508 e. The molecule has 2 saturated heterocycles. The quantitative estimate of drug-likeness (QED) is 0.874. The maximum Gasteiger partial charge on any atom is 0.317 e. The molecule has 0 radical (unpaired) electrons. The molecule has 132 valence electrons. The molecule has 2 amide bonds. The van der Waals surface area contributed by atoms with Crippen molar-refractivity contribution in [3.8, 4) is 5.75 Å². The fourth-order valence-electron chi connectivity index (χ4n) is 3.78. The summed E-state index contributed by atoms with van der Waals surface area (Å²) in [5.74, 6) is 0.770. The van der Waals surface area contributed by atoms with Gasteiger partial charge >= 0.3 is 6.03 Å². The van der Waals surface area contributed by atoms with Gasteiger partial charge in [-0.15, -0.1) is 0 Å². The van der Waals surface area contributed by atoms with Crippen molar-refractivity contribution in [2.45, 2.75) is 57.1 Å². The first-order chi connectivity index (χ1) is 11.4. The first-order valence-corrected chi connectivity index (χ1v) is 8.91. The lowest BCUT2D eigenvalue weighted by atomic mass is 9.89. The molecule has 0 saturated carbocycles. The van der Waals surface area contributed by atoms with E-state index in [0.29, 0.717) is 18.3 Å². The van der Waals surface area contributed by atoms with Crippen molar-refractivity contribution in [3.05, 3.63) is 29.8 Å². The van der Waals surface area contributed by atoms with E-state index in [1.807, 2.05) is 17.0 Å². The number of hydrogen-bond acceptors (Lipinski definition) is 3. The SMILES string of the molecule is CC1(C)CC(NC(=O)N2CCC(c3ccc(O)cc3)CC2)CCO1. The van der Waals surface area contributed by atoms with E-state index in [-0.39, 0.29) is 17.7 Å². The van der Waals surface area contributed by atoms with E-state index in [1.54, 1.807) is 12.1 Å². The number of likely N-dealkylation sites (tertiary alicyclic amines) is 1. The maximum atomic E-state index is 12.5. The fraction of sp³-hybridized carbons (Fsp3) is 0.632. The third-order valence-electron chi connectivity index (χ3n) is 5.17. The number of hydrogen-bond donors (Lipinski definition) is 2. The van der Waals surface area contributed by atoms with Crippen LogP contribution in [0, 0.1) is 0 Å². The van der Waals surface area contributed by atoms with Gasteiger partial charge in [-0.3, -0.25) is 0 Å². The number of urea groups is 1. The van der Waals surface area contributed by atoms with Gasteiger partial charge in [-0.2, -0.15) is 0 Å². The lowest BCUT2D eigenvalue weighted by molar-refractivity contribution is -0.0616. The van der Waals surface area contributed by atoms with Crippen LogP contribution in [0.25, 0.3) is 0 Å². The highest BCUT2D eigenvalue weighted by molar-refractivity contribution is 5.74. The number of ether oxygens (including phenoxy) is 1. The molecule has 2 aliphatic heterocycles. The summed E-state index contributed by atoms with van der Waals surface area (Å²) >= 11 is 0. The van der Waals surface area contributed by atoms with Gasteiger partial charge in [-0.1, -0.05) is 12.1 Å². The first-order valence-electron chi connectivity index (χ1n) is 8.91. The number of carbonyl (C=O) groups excluding carboxylic acids is 1. The molecule has 0 spiro atoms. The van der Waals surface area contributed by atoms with Crippen LogP contribution in [0.5, 0.6) is 5.75 Å². The monoisotopic (exact) mass is 332 g/mol. The number of amides is 2. The van der Waals surface area contributed by atoms with E-state index in [2.05, 4.69) is 19.2 Å². The van der Waals surface area contributed by atoms with Gasteiger partial charge in [0.05, 0.1) is 5.60 Å². The number of phenols is 1. The molecule has 2 fully saturated rings. The van der Waals surface area contributed by atoms with Crippen LogP contribution in [0.3, 0.4) is 0 Å². The van der Waals surface area contributed by atoms with Crippen molar-refractivity contribution >= 4 is 6.03 Å². The number of aromatic hydroxyl groups is 1. The summed E-state index contributed by atoms with van der Waals surface area (Å²) in [7, 11) is 0. The van der Waals surface area contributed by atoms with Crippen LogP contribution < -0.4 is 5.32 Å². The predicted molar refractivity (Wildman–Crippen MR) is 93.2 cm³/mol. The lowest BCUT2D eigenvalue weighted by Crippen LogP contribution is -2.51. The molecular weight excluding hydrogens is 304 g/mol. The number of benzene rings is 1. The van der Waals surface area contributed by atoms with Crippen LogP contribution in [-0.2, 0) is 4.74 Å². The summed E-state index contributed by atoms with van der Waals surface area (Å²) in [4.78, 5) is 14.4. The molecule has 2 aliphatic rings. The van der Waals surface area contributed by atoms with Crippen LogP contribution in [0.4, 0.5) is 4.79 Å². The number of carbonyl (C=O) groups is 1. The maximum absolute atomic E-state index is 12.5. The Morgan fingerprint density at radius 1 is 1.21 bits per heavy atom. The van der Waals surface area contributed by atoms with Gasteiger partial charge in [0.2, 0.25) is 0 Å². The Labute approximate surface area is 144 Å². The zero-order valence-corrected chi connectivity index (χ0v) is 14.6. The van der Waals surface area contributed by atoms with Crippen molar-refractivity contribution in [1.29, 1.82) is 0 Å². The Kier molecular flexibility index (Phi) is 4.99. The molecule has 24 heavy (non-hydrogen) atoms.